The molecule has 1 rings (SSSR count). The predicted octanol–water partition coefficient (Wildman–Crippen LogP) is 2.24. The lowest BCUT2D eigenvalue weighted by Gasteiger charge is -2.23. The second-order valence-corrected chi connectivity index (χ2v) is 4.10. The molecular weight excluding hydrogens is 192 g/mol. The molecule has 0 aliphatic rings. The topological polar surface area (TPSA) is 38.7 Å². The van der Waals surface area contributed by atoms with Crippen LogP contribution in [-0.4, -0.2) is 19.3 Å². The molecule has 0 aliphatic carbocycles. The van der Waals surface area contributed by atoms with Crippen molar-refractivity contribution >= 4 is 0 Å². The normalized spacial score (nSPS) is 11.3. The van der Waals surface area contributed by atoms with E-state index in [9.17, 15) is 5.11 Å². The summed E-state index contributed by atoms with van der Waals surface area (Å²) >= 11 is 0. The summed E-state index contributed by atoms with van der Waals surface area (Å²) in [5.41, 5.74) is 0.736. The van der Waals surface area contributed by atoms with E-state index in [-0.39, 0.29) is 0 Å². The molecule has 0 amide bonds. The second kappa shape index (κ2) is 4.11. The number of ether oxygens (including phenoxy) is 2. The highest BCUT2D eigenvalue weighted by molar-refractivity contribution is 5.50. The Kier molecular flexibility index (Phi) is 3.25. The van der Waals surface area contributed by atoms with Gasteiger partial charge >= 0.3 is 0 Å². The maximum Gasteiger partial charge on any atom is 0.128 e. The molecule has 1 aromatic carbocycles. The minimum atomic E-state index is -0.982. The summed E-state index contributed by atoms with van der Waals surface area (Å²) in [7, 11) is 3.17. The standard InChI is InChI=1S/C12H18O3/c1-8-6-9(14-4)11(12(2,3)13)10(7-8)15-5/h6-7,13H,1-5H3. The van der Waals surface area contributed by atoms with E-state index < -0.39 is 5.60 Å². The van der Waals surface area contributed by atoms with Crippen LogP contribution in [0, 0.1) is 6.92 Å². The van der Waals surface area contributed by atoms with Gasteiger partial charge in [0.15, 0.2) is 0 Å². The zero-order chi connectivity index (χ0) is 11.6. The van der Waals surface area contributed by atoms with E-state index in [0.717, 1.165) is 5.56 Å². The van der Waals surface area contributed by atoms with Crippen molar-refractivity contribution in [3.8, 4) is 11.5 Å². The molecule has 0 aromatic heterocycles. The first-order valence-electron chi connectivity index (χ1n) is 4.85. The Morgan fingerprint density at radius 2 is 1.47 bits per heavy atom. The molecule has 84 valence electrons. The summed E-state index contributed by atoms with van der Waals surface area (Å²) in [6.07, 6.45) is 0. The van der Waals surface area contributed by atoms with E-state index in [0.29, 0.717) is 17.1 Å². The third kappa shape index (κ3) is 2.42. The van der Waals surface area contributed by atoms with Crippen molar-refractivity contribution < 1.29 is 14.6 Å². The maximum absolute atomic E-state index is 10.0. The van der Waals surface area contributed by atoms with Gasteiger partial charge in [-0.2, -0.15) is 0 Å². The number of rotatable bonds is 3. The van der Waals surface area contributed by atoms with Gasteiger partial charge in [0.2, 0.25) is 0 Å². The first-order valence-corrected chi connectivity index (χ1v) is 4.85. The van der Waals surface area contributed by atoms with Crippen LogP contribution in [-0.2, 0) is 5.60 Å². The zero-order valence-corrected chi connectivity index (χ0v) is 9.92. The van der Waals surface area contributed by atoms with Gasteiger partial charge in [0.05, 0.1) is 25.4 Å². The fourth-order valence-electron chi connectivity index (χ4n) is 1.65. The van der Waals surface area contributed by atoms with E-state index in [1.165, 1.54) is 0 Å². The third-order valence-corrected chi connectivity index (χ3v) is 2.26. The molecule has 0 bridgehead atoms. The van der Waals surface area contributed by atoms with Gasteiger partial charge in [-0.1, -0.05) is 0 Å². The van der Waals surface area contributed by atoms with Crippen LogP contribution in [0.1, 0.15) is 25.0 Å². The smallest absolute Gasteiger partial charge is 0.128 e. The van der Waals surface area contributed by atoms with Crippen molar-refractivity contribution in [1.82, 2.24) is 0 Å². The van der Waals surface area contributed by atoms with Crippen LogP contribution in [0.2, 0.25) is 0 Å². The van der Waals surface area contributed by atoms with Gasteiger partial charge in [-0.3, -0.25) is 0 Å². The van der Waals surface area contributed by atoms with Crippen molar-refractivity contribution in [2.24, 2.45) is 0 Å². The van der Waals surface area contributed by atoms with Gasteiger partial charge in [0.1, 0.15) is 11.5 Å². The molecule has 0 fully saturated rings. The molecule has 0 heterocycles. The lowest BCUT2D eigenvalue weighted by molar-refractivity contribution is 0.0726. The molecule has 0 atom stereocenters. The lowest BCUT2D eigenvalue weighted by atomic mass is 9.95. The van der Waals surface area contributed by atoms with Crippen LogP contribution in [0.25, 0.3) is 0 Å². The van der Waals surface area contributed by atoms with Crippen molar-refractivity contribution in [3.05, 3.63) is 23.3 Å². The minimum Gasteiger partial charge on any atom is -0.496 e. The highest BCUT2D eigenvalue weighted by Crippen LogP contribution is 2.38. The Labute approximate surface area is 90.6 Å². The Balaban J connectivity index is 3.44. The molecule has 0 radical (unpaired) electrons. The molecular formula is C12H18O3. The number of methoxy groups -OCH3 is 2. The number of benzene rings is 1. The first kappa shape index (κ1) is 11.9. The molecule has 1 aromatic rings. The number of aryl methyl sites for hydroxylation is 1. The summed E-state index contributed by atoms with van der Waals surface area (Å²) in [6.45, 7) is 5.38. The average Bonchev–Trinajstić information content (AvgIpc) is 2.14. The van der Waals surface area contributed by atoms with Crippen molar-refractivity contribution in [3.63, 3.8) is 0 Å². The Morgan fingerprint density at radius 1 is 1.07 bits per heavy atom. The molecule has 0 saturated heterocycles. The summed E-state index contributed by atoms with van der Waals surface area (Å²) in [5, 5.41) is 10.0. The quantitative estimate of drug-likeness (QED) is 0.831. The SMILES string of the molecule is COc1cc(C)cc(OC)c1C(C)(C)O. The molecule has 3 heteroatoms. The molecule has 3 nitrogen and oxygen atoms in total. The van der Waals surface area contributed by atoms with Gasteiger partial charge in [-0.05, 0) is 38.5 Å². The number of hydrogen-bond acceptors (Lipinski definition) is 3. The summed E-state index contributed by atoms with van der Waals surface area (Å²) < 4.78 is 10.5. The van der Waals surface area contributed by atoms with E-state index in [1.807, 2.05) is 19.1 Å². The fourth-order valence-corrected chi connectivity index (χ4v) is 1.65. The van der Waals surface area contributed by atoms with E-state index in [4.69, 9.17) is 9.47 Å². The zero-order valence-electron chi connectivity index (χ0n) is 9.92. The maximum atomic E-state index is 10.0. The minimum absolute atomic E-state index is 0.652. The van der Waals surface area contributed by atoms with Crippen LogP contribution in [0.4, 0.5) is 0 Å². The van der Waals surface area contributed by atoms with Gasteiger partial charge in [0, 0.05) is 0 Å². The summed E-state index contributed by atoms with van der Waals surface area (Å²) in [5.74, 6) is 1.30. The molecule has 0 saturated carbocycles. The van der Waals surface area contributed by atoms with Crippen molar-refractivity contribution in [2.45, 2.75) is 26.4 Å². The Bertz CT molecular complexity index is 325. The Morgan fingerprint density at radius 3 is 1.73 bits per heavy atom. The molecule has 0 unspecified atom stereocenters. The predicted molar refractivity (Wildman–Crippen MR) is 59.5 cm³/mol. The van der Waals surface area contributed by atoms with E-state index in [1.54, 1.807) is 28.1 Å². The largest absolute Gasteiger partial charge is 0.496 e. The van der Waals surface area contributed by atoms with Crippen molar-refractivity contribution in [2.75, 3.05) is 14.2 Å². The van der Waals surface area contributed by atoms with Crippen LogP contribution in [0.5, 0.6) is 11.5 Å². The van der Waals surface area contributed by atoms with Crippen LogP contribution in [0.3, 0.4) is 0 Å². The molecule has 1 N–H and O–H groups in total. The van der Waals surface area contributed by atoms with Crippen molar-refractivity contribution in [1.29, 1.82) is 0 Å². The van der Waals surface area contributed by atoms with Crippen LogP contribution < -0.4 is 9.47 Å². The molecule has 15 heavy (non-hydrogen) atoms. The van der Waals surface area contributed by atoms with Crippen LogP contribution >= 0.6 is 0 Å². The van der Waals surface area contributed by atoms with Gasteiger partial charge < -0.3 is 14.6 Å². The number of aliphatic hydroxyl groups is 1. The van der Waals surface area contributed by atoms with E-state index >= 15 is 0 Å². The molecule has 0 spiro atoms. The highest BCUT2D eigenvalue weighted by atomic mass is 16.5. The first-order chi connectivity index (χ1) is 6.90. The van der Waals surface area contributed by atoms with E-state index in [2.05, 4.69) is 0 Å². The van der Waals surface area contributed by atoms with Crippen LogP contribution in [0.15, 0.2) is 12.1 Å². The summed E-state index contributed by atoms with van der Waals surface area (Å²) in [6, 6.07) is 3.77. The van der Waals surface area contributed by atoms with Gasteiger partial charge in [-0.15, -0.1) is 0 Å². The monoisotopic (exact) mass is 210 g/mol. The average molecular weight is 210 g/mol. The van der Waals surface area contributed by atoms with Gasteiger partial charge in [0.25, 0.3) is 0 Å². The fraction of sp³-hybridized carbons (Fsp3) is 0.500. The lowest BCUT2D eigenvalue weighted by Crippen LogP contribution is -2.18. The summed E-state index contributed by atoms with van der Waals surface area (Å²) in [4.78, 5) is 0. The number of hydrogen-bond donors (Lipinski definition) is 1. The highest BCUT2D eigenvalue weighted by Gasteiger charge is 2.25. The Hall–Kier alpha value is -1.22. The second-order valence-electron chi connectivity index (χ2n) is 4.10. The molecule has 0 aliphatic heterocycles. The third-order valence-electron chi connectivity index (χ3n) is 2.26. The van der Waals surface area contributed by atoms with Gasteiger partial charge in [-0.25, -0.2) is 0 Å².